The van der Waals surface area contributed by atoms with Crippen molar-refractivity contribution in [2.24, 2.45) is 0 Å². The second-order valence-electron chi connectivity index (χ2n) is 4.20. The topological polar surface area (TPSA) is 12.0 Å². The van der Waals surface area contributed by atoms with Crippen molar-refractivity contribution in [2.45, 2.75) is 19.4 Å². The first-order valence-electron chi connectivity index (χ1n) is 5.87. The molecule has 0 aliphatic heterocycles. The van der Waals surface area contributed by atoms with Gasteiger partial charge in [-0.2, -0.15) is 11.3 Å². The number of thiophene rings is 1. The van der Waals surface area contributed by atoms with E-state index >= 15 is 0 Å². The predicted octanol–water partition coefficient (Wildman–Crippen LogP) is 3.92. The average molecular weight is 267 g/mol. The van der Waals surface area contributed by atoms with Gasteiger partial charge in [0, 0.05) is 11.6 Å². The van der Waals surface area contributed by atoms with Crippen molar-refractivity contribution in [3.63, 3.8) is 0 Å². The Morgan fingerprint density at radius 2 is 2.11 bits per heavy atom. The zero-order valence-electron chi connectivity index (χ0n) is 10.1. The Labute approximate surface area is 109 Å². The van der Waals surface area contributed by atoms with Crippen LogP contribution in [0.25, 0.3) is 0 Å². The zero-order valence-corrected chi connectivity index (χ0v) is 10.9. The van der Waals surface area contributed by atoms with Crippen LogP contribution in [-0.4, -0.2) is 6.54 Å². The lowest BCUT2D eigenvalue weighted by atomic mass is 10.1. The quantitative estimate of drug-likeness (QED) is 0.865. The molecule has 4 heteroatoms. The third-order valence-corrected chi connectivity index (χ3v) is 3.62. The third-order valence-electron chi connectivity index (χ3n) is 2.89. The molecule has 0 radical (unpaired) electrons. The lowest BCUT2D eigenvalue weighted by Crippen LogP contribution is -2.22. The standard InChI is InChI=1S/C14H15F2NS/c1-10(12-3-2-4-13(15)14(12)16)17-7-5-11-6-8-18-9-11/h2-4,6,8-10,17H,5,7H2,1H3. The normalized spacial score (nSPS) is 12.6. The number of nitrogens with one attached hydrogen (secondary N) is 1. The zero-order chi connectivity index (χ0) is 13.0. The van der Waals surface area contributed by atoms with Crippen molar-refractivity contribution in [3.05, 3.63) is 57.8 Å². The summed E-state index contributed by atoms with van der Waals surface area (Å²) in [6.45, 7) is 2.58. The van der Waals surface area contributed by atoms with Crippen LogP contribution in [-0.2, 0) is 6.42 Å². The number of hydrogen-bond acceptors (Lipinski definition) is 2. The molecule has 18 heavy (non-hydrogen) atoms. The Morgan fingerprint density at radius 3 is 2.83 bits per heavy atom. The molecule has 0 fully saturated rings. The maximum absolute atomic E-state index is 13.5. The van der Waals surface area contributed by atoms with Crippen molar-refractivity contribution in [1.29, 1.82) is 0 Å². The summed E-state index contributed by atoms with van der Waals surface area (Å²) < 4.78 is 26.6. The second-order valence-corrected chi connectivity index (χ2v) is 4.98. The molecule has 1 aromatic heterocycles. The van der Waals surface area contributed by atoms with Gasteiger partial charge in [0.15, 0.2) is 11.6 Å². The summed E-state index contributed by atoms with van der Waals surface area (Å²) in [5.74, 6) is -1.55. The first kappa shape index (κ1) is 13.2. The molecule has 0 aliphatic rings. The van der Waals surface area contributed by atoms with Crippen LogP contribution >= 0.6 is 11.3 Å². The van der Waals surface area contributed by atoms with E-state index in [1.165, 1.54) is 11.6 Å². The summed E-state index contributed by atoms with van der Waals surface area (Å²) in [6.07, 6.45) is 0.894. The van der Waals surface area contributed by atoms with Crippen LogP contribution in [0.4, 0.5) is 8.78 Å². The Bertz CT molecular complexity index is 497. The van der Waals surface area contributed by atoms with Gasteiger partial charge in [-0.3, -0.25) is 0 Å². The largest absolute Gasteiger partial charge is 0.310 e. The van der Waals surface area contributed by atoms with Gasteiger partial charge in [-0.15, -0.1) is 0 Å². The second kappa shape index (κ2) is 6.07. The minimum atomic E-state index is -0.793. The minimum absolute atomic E-state index is 0.195. The smallest absolute Gasteiger partial charge is 0.163 e. The minimum Gasteiger partial charge on any atom is -0.310 e. The molecule has 0 saturated heterocycles. The fourth-order valence-electron chi connectivity index (χ4n) is 1.83. The maximum Gasteiger partial charge on any atom is 0.163 e. The van der Waals surface area contributed by atoms with Gasteiger partial charge >= 0.3 is 0 Å². The van der Waals surface area contributed by atoms with E-state index in [2.05, 4.69) is 16.8 Å². The first-order chi connectivity index (χ1) is 8.68. The summed E-state index contributed by atoms with van der Waals surface area (Å²) in [5.41, 5.74) is 1.64. The Kier molecular flexibility index (Phi) is 4.44. The number of halogens is 2. The van der Waals surface area contributed by atoms with E-state index in [9.17, 15) is 8.78 Å². The molecule has 1 unspecified atom stereocenters. The van der Waals surface area contributed by atoms with E-state index in [-0.39, 0.29) is 6.04 Å². The monoisotopic (exact) mass is 267 g/mol. The molecule has 2 rings (SSSR count). The summed E-state index contributed by atoms with van der Waals surface area (Å²) in [5, 5.41) is 7.33. The van der Waals surface area contributed by atoms with E-state index < -0.39 is 11.6 Å². The van der Waals surface area contributed by atoms with Crippen LogP contribution in [0.5, 0.6) is 0 Å². The van der Waals surface area contributed by atoms with Crippen LogP contribution in [0.1, 0.15) is 24.1 Å². The average Bonchev–Trinajstić information content (AvgIpc) is 2.85. The molecule has 96 valence electrons. The summed E-state index contributed by atoms with van der Waals surface area (Å²) in [4.78, 5) is 0. The van der Waals surface area contributed by atoms with Crippen molar-refractivity contribution < 1.29 is 8.78 Å². The Hall–Kier alpha value is -1.26. The van der Waals surface area contributed by atoms with Crippen LogP contribution in [0.15, 0.2) is 35.0 Å². The third kappa shape index (κ3) is 3.15. The van der Waals surface area contributed by atoms with Crippen molar-refractivity contribution in [2.75, 3.05) is 6.54 Å². The van der Waals surface area contributed by atoms with Gasteiger partial charge in [0.25, 0.3) is 0 Å². The molecule has 1 atom stereocenters. The van der Waals surface area contributed by atoms with Crippen molar-refractivity contribution in [1.82, 2.24) is 5.32 Å². The SMILES string of the molecule is CC(NCCc1ccsc1)c1cccc(F)c1F. The van der Waals surface area contributed by atoms with Gasteiger partial charge in [0.2, 0.25) is 0 Å². The van der Waals surface area contributed by atoms with Gasteiger partial charge in [0.05, 0.1) is 0 Å². The molecule has 1 heterocycles. The van der Waals surface area contributed by atoms with E-state index in [4.69, 9.17) is 0 Å². The van der Waals surface area contributed by atoms with E-state index in [1.54, 1.807) is 17.4 Å². The van der Waals surface area contributed by atoms with E-state index in [0.717, 1.165) is 19.0 Å². The summed E-state index contributed by atoms with van der Waals surface area (Å²) in [6, 6.07) is 6.15. The Balaban J connectivity index is 1.91. The highest BCUT2D eigenvalue weighted by Gasteiger charge is 2.13. The maximum atomic E-state index is 13.5. The lowest BCUT2D eigenvalue weighted by Gasteiger charge is -2.15. The Morgan fingerprint density at radius 1 is 1.28 bits per heavy atom. The lowest BCUT2D eigenvalue weighted by molar-refractivity contribution is 0.474. The van der Waals surface area contributed by atoms with Gasteiger partial charge in [-0.25, -0.2) is 8.78 Å². The van der Waals surface area contributed by atoms with Gasteiger partial charge in [-0.1, -0.05) is 12.1 Å². The van der Waals surface area contributed by atoms with Crippen LogP contribution in [0.2, 0.25) is 0 Å². The van der Waals surface area contributed by atoms with Crippen LogP contribution in [0, 0.1) is 11.6 Å². The van der Waals surface area contributed by atoms with Crippen LogP contribution < -0.4 is 5.32 Å². The fourth-order valence-corrected chi connectivity index (χ4v) is 2.54. The highest BCUT2D eigenvalue weighted by atomic mass is 32.1. The molecule has 1 N–H and O–H groups in total. The summed E-state index contributed by atoms with van der Waals surface area (Å²) in [7, 11) is 0. The van der Waals surface area contributed by atoms with Gasteiger partial charge in [-0.05, 0) is 48.3 Å². The molecule has 0 amide bonds. The summed E-state index contributed by atoms with van der Waals surface area (Å²) >= 11 is 1.66. The van der Waals surface area contributed by atoms with E-state index in [1.807, 2.05) is 12.3 Å². The number of hydrogen-bond donors (Lipinski definition) is 1. The molecular weight excluding hydrogens is 252 g/mol. The predicted molar refractivity (Wildman–Crippen MR) is 70.8 cm³/mol. The molecule has 2 aromatic rings. The van der Waals surface area contributed by atoms with Crippen LogP contribution in [0.3, 0.4) is 0 Å². The fraction of sp³-hybridized carbons (Fsp3) is 0.286. The molecule has 0 spiro atoms. The molecule has 0 aliphatic carbocycles. The van der Waals surface area contributed by atoms with Crippen molar-refractivity contribution >= 4 is 11.3 Å². The molecular formula is C14H15F2NS. The highest BCUT2D eigenvalue weighted by molar-refractivity contribution is 7.07. The molecule has 0 bridgehead atoms. The molecule has 1 aromatic carbocycles. The number of rotatable bonds is 5. The van der Waals surface area contributed by atoms with Gasteiger partial charge in [0.1, 0.15) is 0 Å². The van der Waals surface area contributed by atoms with Crippen molar-refractivity contribution in [3.8, 4) is 0 Å². The molecule has 1 nitrogen and oxygen atoms in total. The number of benzene rings is 1. The highest BCUT2D eigenvalue weighted by Crippen LogP contribution is 2.18. The van der Waals surface area contributed by atoms with Gasteiger partial charge < -0.3 is 5.32 Å². The molecule has 0 saturated carbocycles. The first-order valence-corrected chi connectivity index (χ1v) is 6.81. The van der Waals surface area contributed by atoms with E-state index in [0.29, 0.717) is 5.56 Å².